The van der Waals surface area contributed by atoms with E-state index in [1.807, 2.05) is 0 Å². The van der Waals surface area contributed by atoms with E-state index in [4.69, 9.17) is 16.9 Å². The largest absolute Gasteiger partial charge is 1.00 e. The van der Waals surface area contributed by atoms with Gasteiger partial charge in [-0.05, 0) is 38.2 Å². The molecule has 0 rings (SSSR count). The molecule has 0 aromatic heterocycles. The van der Waals surface area contributed by atoms with Crippen LogP contribution in [0.15, 0.2) is 23.3 Å². The van der Waals surface area contributed by atoms with Gasteiger partial charge in [-0.25, -0.2) is 0 Å². The van der Waals surface area contributed by atoms with Crippen LogP contribution in [0.25, 0.3) is 0 Å². The van der Waals surface area contributed by atoms with Crippen LogP contribution in [0.3, 0.4) is 0 Å². The molecule has 0 aromatic carbocycles. The Hall–Kier alpha value is -0.270. The smallest absolute Gasteiger partial charge is 0.550 e. The Morgan fingerprint density at radius 3 is 2.00 bits per heavy atom. The Morgan fingerprint density at radius 2 is 1.50 bits per heavy atom. The molecule has 0 saturated heterocycles. The number of rotatable bonds is 16. The predicted molar refractivity (Wildman–Crippen MR) is 103 cm³/mol. The van der Waals surface area contributed by atoms with Gasteiger partial charge in [-0.3, -0.25) is 0 Å². The van der Waals surface area contributed by atoms with Crippen LogP contribution < -0.4 is 34.7 Å². The molecule has 0 heterocycles. The molecule has 26 heavy (non-hydrogen) atoms. The minimum atomic E-state index is -1.16. The second-order valence-electron chi connectivity index (χ2n) is 6.57. The van der Waals surface area contributed by atoms with Crippen LogP contribution in [0.4, 0.5) is 0 Å². The maximum absolute atomic E-state index is 11.0. The summed E-state index contributed by atoms with van der Waals surface area (Å²) < 4.78 is 0. The molecule has 0 aliphatic rings. The first kappa shape index (κ1) is 27.9. The van der Waals surface area contributed by atoms with Crippen molar-refractivity contribution in [2.45, 2.75) is 90.4 Å². The molecule has 0 aliphatic carbocycles. The van der Waals surface area contributed by atoms with E-state index < -0.39 is 11.9 Å². The van der Waals surface area contributed by atoms with Crippen molar-refractivity contribution in [3.63, 3.8) is 0 Å². The Morgan fingerprint density at radius 1 is 1.00 bits per heavy atom. The molecule has 0 aliphatic heterocycles. The molecule has 1 atom stereocenters. The standard InChI is InChI=1S/C21H34ClNO2.Na/c1-2-3-4-5-6-7-8-9-10-11-12-13-14-15-16-19(21(24)25)17-20(22)18-23;/h9-10,17,19H,2-8,11-16H2,1H3,(H,24,25);/q;+1/p-1/b10-9-,20-17?;. The third kappa shape index (κ3) is 18.5. The number of aliphatic carboxylic acids is 1. The maximum atomic E-state index is 11.0. The number of unbranched alkanes of at least 4 members (excludes halogenated alkanes) is 10. The van der Waals surface area contributed by atoms with Crippen LogP contribution in [-0.4, -0.2) is 5.97 Å². The van der Waals surface area contributed by atoms with Crippen LogP contribution in [0.1, 0.15) is 90.4 Å². The number of carbonyl (C=O) groups is 1. The van der Waals surface area contributed by atoms with Crippen molar-refractivity contribution in [3.05, 3.63) is 23.3 Å². The fraction of sp³-hybridized carbons (Fsp3) is 0.714. The van der Waals surface area contributed by atoms with Crippen LogP contribution in [0.2, 0.25) is 0 Å². The van der Waals surface area contributed by atoms with Crippen molar-refractivity contribution in [1.29, 1.82) is 5.26 Å². The zero-order valence-corrected chi connectivity index (χ0v) is 19.4. The molecule has 0 aromatic rings. The van der Waals surface area contributed by atoms with E-state index in [2.05, 4.69) is 19.1 Å². The molecule has 0 spiro atoms. The van der Waals surface area contributed by atoms with Gasteiger partial charge in [0.25, 0.3) is 0 Å². The number of carbonyl (C=O) groups excluding carboxylic acids is 1. The monoisotopic (exact) mass is 389 g/mol. The van der Waals surface area contributed by atoms with Gasteiger partial charge >= 0.3 is 29.6 Å². The van der Waals surface area contributed by atoms with Crippen molar-refractivity contribution in [3.8, 4) is 6.07 Å². The molecule has 0 amide bonds. The zero-order valence-electron chi connectivity index (χ0n) is 16.6. The first-order valence-corrected chi connectivity index (χ1v) is 10.1. The molecule has 0 fully saturated rings. The summed E-state index contributed by atoms with van der Waals surface area (Å²) in [5.74, 6) is -1.92. The molecule has 0 saturated carbocycles. The maximum Gasteiger partial charge on any atom is 1.00 e. The van der Waals surface area contributed by atoms with Crippen LogP contribution in [0, 0.1) is 17.2 Å². The van der Waals surface area contributed by atoms with Gasteiger partial charge in [0.15, 0.2) is 0 Å². The molecular formula is C21H33ClNNaO2. The van der Waals surface area contributed by atoms with Crippen molar-refractivity contribution >= 4 is 17.6 Å². The van der Waals surface area contributed by atoms with Gasteiger partial charge in [-0.15, -0.1) is 0 Å². The third-order valence-electron chi connectivity index (χ3n) is 4.28. The third-order valence-corrected chi connectivity index (χ3v) is 4.49. The van der Waals surface area contributed by atoms with Crippen LogP contribution in [0.5, 0.6) is 0 Å². The quantitative estimate of drug-likeness (QED) is 0.176. The number of carboxylic acid groups (broad SMARTS) is 1. The van der Waals surface area contributed by atoms with Gasteiger partial charge in [0.1, 0.15) is 11.1 Å². The summed E-state index contributed by atoms with van der Waals surface area (Å²) >= 11 is 5.57. The van der Waals surface area contributed by atoms with Crippen molar-refractivity contribution in [2.24, 2.45) is 5.92 Å². The van der Waals surface area contributed by atoms with Crippen molar-refractivity contribution < 1.29 is 39.5 Å². The number of nitriles is 1. The minimum absolute atomic E-state index is 0. The SMILES string of the molecule is CCCCCCCC/C=C\CCCCCCC(C=C(Cl)C#N)C(=O)[O-].[Na+]. The van der Waals surface area contributed by atoms with Gasteiger partial charge in [0.05, 0.1) is 0 Å². The number of nitrogens with zero attached hydrogens (tertiary/aromatic N) is 1. The van der Waals surface area contributed by atoms with E-state index in [-0.39, 0.29) is 34.6 Å². The van der Waals surface area contributed by atoms with E-state index in [1.165, 1.54) is 51.0 Å². The average molecular weight is 390 g/mol. The summed E-state index contributed by atoms with van der Waals surface area (Å²) in [5, 5.41) is 19.5. The van der Waals surface area contributed by atoms with E-state index in [0.29, 0.717) is 6.42 Å². The first-order valence-electron chi connectivity index (χ1n) is 9.75. The van der Waals surface area contributed by atoms with E-state index in [9.17, 15) is 9.90 Å². The van der Waals surface area contributed by atoms with E-state index in [1.54, 1.807) is 6.07 Å². The van der Waals surface area contributed by atoms with Crippen molar-refractivity contribution in [1.82, 2.24) is 0 Å². The van der Waals surface area contributed by atoms with Crippen LogP contribution in [-0.2, 0) is 4.79 Å². The number of hydrogen-bond donors (Lipinski definition) is 0. The number of hydrogen-bond acceptors (Lipinski definition) is 3. The van der Waals surface area contributed by atoms with Gasteiger partial charge in [0, 0.05) is 11.9 Å². The topological polar surface area (TPSA) is 63.9 Å². The van der Waals surface area contributed by atoms with Gasteiger partial charge in [-0.1, -0.05) is 82.0 Å². The average Bonchev–Trinajstić information content (AvgIpc) is 2.60. The van der Waals surface area contributed by atoms with E-state index in [0.717, 1.165) is 32.1 Å². The molecule has 5 heteroatoms. The Balaban J connectivity index is 0. The molecule has 0 N–H and O–H groups in total. The first-order chi connectivity index (χ1) is 12.1. The summed E-state index contributed by atoms with van der Waals surface area (Å²) in [7, 11) is 0. The summed E-state index contributed by atoms with van der Waals surface area (Å²) in [5.41, 5.74) is 0. The normalized spacial score (nSPS) is 12.6. The molecule has 3 nitrogen and oxygen atoms in total. The minimum Gasteiger partial charge on any atom is -0.550 e. The van der Waals surface area contributed by atoms with Gasteiger partial charge in [-0.2, -0.15) is 5.26 Å². The fourth-order valence-corrected chi connectivity index (χ4v) is 2.89. The number of carboxylic acids is 1. The van der Waals surface area contributed by atoms with Gasteiger partial charge < -0.3 is 9.90 Å². The number of halogens is 1. The summed E-state index contributed by atoms with van der Waals surface area (Å²) in [6.45, 7) is 2.24. The fourth-order valence-electron chi connectivity index (χ4n) is 2.74. The molecule has 0 radical (unpaired) electrons. The Bertz CT molecular complexity index is 444. The molecule has 0 bridgehead atoms. The second kappa shape index (κ2) is 21.0. The van der Waals surface area contributed by atoms with Crippen LogP contribution >= 0.6 is 11.6 Å². The van der Waals surface area contributed by atoms with Gasteiger partial charge in [0.2, 0.25) is 0 Å². The number of allylic oxidation sites excluding steroid dienone is 3. The van der Waals surface area contributed by atoms with Crippen molar-refractivity contribution in [2.75, 3.05) is 0 Å². The molecule has 142 valence electrons. The predicted octanol–water partition coefficient (Wildman–Crippen LogP) is 2.65. The second-order valence-corrected chi connectivity index (χ2v) is 6.98. The molecule has 1 unspecified atom stereocenters. The summed E-state index contributed by atoms with van der Waals surface area (Å²) in [6.07, 6.45) is 20.7. The molecular weight excluding hydrogens is 357 g/mol. The van der Waals surface area contributed by atoms with E-state index >= 15 is 0 Å². The Kier molecular flexibility index (Phi) is 22.6. The Labute approximate surface area is 187 Å². The summed E-state index contributed by atoms with van der Waals surface area (Å²) in [6, 6.07) is 1.73. The summed E-state index contributed by atoms with van der Waals surface area (Å²) in [4.78, 5) is 11.0. The zero-order chi connectivity index (χ0) is 18.8.